The Bertz CT molecular complexity index is 3420. The zero-order valence-electron chi connectivity index (χ0n) is 48.9. The molecule has 0 saturated carbocycles. The third-order valence-corrected chi connectivity index (χ3v) is 15.6. The number of anilines is 2. The zero-order chi connectivity index (χ0) is 54.4. The van der Waals surface area contributed by atoms with E-state index < -0.39 is 10.8 Å². The smallest absolute Gasteiger partial charge is 0.135 e. The van der Waals surface area contributed by atoms with E-state index in [9.17, 15) is 0 Å². The van der Waals surface area contributed by atoms with Crippen molar-refractivity contribution in [2.75, 3.05) is 9.80 Å². The van der Waals surface area contributed by atoms with Crippen molar-refractivity contribution in [1.82, 2.24) is 9.55 Å². The summed E-state index contributed by atoms with van der Waals surface area (Å²) < 4.78 is 9.39. The van der Waals surface area contributed by atoms with Crippen LogP contribution in [0, 0.1) is 18.8 Å². The van der Waals surface area contributed by atoms with E-state index in [2.05, 4.69) is 298 Å². The Balaban J connectivity index is 0.00000765. The summed E-state index contributed by atoms with van der Waals surface area (Å²) in [5.74, 6) is 2.08. The first kappa shape index (κ1) is 56.3. The number of benzene rings is 6. The monoisotopic (exact) mass is 1190 g/mol. The minimum atomic E-state index is -0.494. The van der Waals surface area contributed by atoms with Crippen LogP contribution in [0.25, 0.3) is 27.6 Å². The van der Waals surface area contributed by atoms with Crippen LogP contribution in [0.5, 0.6) is 11.5 Å². The summed E-state index contributed by atoms with van der Waals surface area (Å²) >= 11 is 0. The molecule has 0 bridgehead atoms. The first-order valence-corrected chi connectivity index (χ1v) is 27.0. The molecular formula is C70H81N4OPt-3. The van der Waals surface area contributed by atoms with Crippen LogP contribution in [-0.4, -0.2) is 9.55 Å². The van der Waals surface area contributed by atoms with E-state index in [4.69, 9.17) is 9.72 Å². The molecule has 0 atom stereocenters. The van der Waals surface area contributed by atoms with E-state index in [0.29, 0.717) is 11.5 Å². The van der Waals surface area contributed by atoms with Gasteiger partial charge >= 0.3 is 0 Å². The van der Waals surface area contributed by atoms with E-state index in [1.165, 1.54) is 44.8 Å². The van der Waals surface area contributed by atoms with Gasteiger partial charge in [-0.15, -0.1) is 53.6 Å². The second kappa shape index (κ2) is 19.8. The second-order valence-electron chi connectivity index (χ2n) is 27.3. The number of fused-ring (bicyclic) bond motifs is 3. The topological polar surface area (TPSA) is 33.5 Å². The number of aromatic nitrogens is 2. The van der Waals surface area contributed by atoms with Crippen LogP contribution in [0.15, 0.2) is 151 Å². The van der Waals surface area contributed by atoms with Gasteiger partial charge in [0.25, 0.3) is 0 Å². The summed E-state index contributed by atoms with van der Waals surface area (Å²) in [5.41, 5.74) is 13.7. The SMILES string of the molecule is CC(C)(C)c1cc(Oc2[c-]c3c(cc2)c2cc(C(C)(C)C)ccc2n3-c2cc(C(C)(C)C)ccn2)[c-]c(N2[CH-]N(c3cc(C(C)(C)C)cc(C(C)(C)C)c3)C(C(C)(C)c3ccccc3)=C2C(C)(C)c2ccccc2)c1.[Pt]. The maximum Gasteiger partial charge on any atom is 0.135 e. The molecule has 400 valence electrons. The molecule has 2 aromatic heterocycles. The van der Waals surface area contributed by atoms with Gasteiger partial charge in [-0.2, -0.15) is 6.07 Å². The Labute approximate surface area is 471 Å². The number of allylic oxidation sites excluding steroid dienone is 2. The molecule has 0 unspecified atom stereocenters. The largest absolute Gasteiger partial charge is 0.509 e. The average molecular weight is 1190 g/mol. The van der Waals surface area contributed by atoms with Gasteiger partial charge in [0.05, 0.1) is 0 Å². The van der Waals surface area contributed by atoms with Crippen LogP contribution in [-0.2, 0) is 59.0 Å². The minimum absolute atomic E-state index is 0. The van der Waals surface area contributed by atoms with Crippen LogP contribution in [0.2, 0.25) is 0 Å². The van der Waals surface area contributed by atoms with Gasteiger partial charge in [-0.3, -0.25) is 0 Å². The number of rotatable bonds is 9. The van der Waals surface area contributed by atoms with Gasteiger partial charge in [-0.25, -0.2) is 4.98 Å². The van der Waals surface area contributed by atoms with Crippen LogP contribution in [0.4, 0.5) is 11.4 Å². The van der Waals surface area contributed by atoms with Gasteiger partial charge in [-0.1, -0.05) is 216 Å². The standard InChI is InChI=1S/C70H81N4O.Pt/c1-64(2,3)48-30-33-59-58(41-48)57-32-31-55(44-60(57)74(59)61-42-49(34-35-71-61)65(4,5)6)75-56-40-52(68(13,14)15)39-54(43-56)73-45-72(53-37-50(66(7,8)9)36-51(38-53)67(10,11)12)62(69(16,17)46-26-22-20-23-27-46)63(73)70(18,19)47-28-24-21-25-29-47;/h20-42,45H,1-19H3;/q-3;. The molecular weight excluding hydrogens is 1110 g/mol. The molecule has 0 saturated heterocycles. The van der Waals surface area contributed by atoms with E-state index in [0.717, 1.165) is 44.6 Å². The van der Waals surface area contributed by atoms with E-state index in [1.54, 1.807) is 0 Å². The van der Waals surface area contributed by atoms with Gasteiger partial charge in [0, 0.05) is 72.2 Å². The number of hydrogen-bond acceptors (Lipinski definition) is 4. The first-order valence-electron chi connectivity index (χ1n) is 27.0. The van der Waals surface area contributed by atoms with Crippen LogP contribution in [0.1, 0.15) is 170 Å². The maximum absolute atomic E-state index is 7.14. The normalized spacial score (nSPS) is 14.2. The van der Waals surface area contributed by atoms with Crippen molar-refractivity contribution in [2.24, 2.45) is 0 Å². The van der Waals surface area contributed by atoms with Crippen LogP contribution in [0.3, 0.4) is 0 Å². The Morgan fingerprint density at radius 2 is 0.921 bits per heavy atom. The Morgan fingerprint density at radius 1 is 0.421 bits per heavy atom. The maximum atomic E-state index is 7.14. The molecule has 1 aliphatic rings. The molecule has 0 spiro atoms. The van der Waals surface area contributed by atoms with Crippen molar-refractivity contribution >= 4 is 33.2 Å². The van der Waals surface area contributed by atoms with Crippen LogP contribution >= 0.6 is 0 Å². The molecule has 5 nitrogen and oxygen atoms in total. The van der Waals surface area contributed by atoms with Crippen molar-refractivity contribution in [2.45, 2.75) is 169 Å². The summed E-state index contributed by atoms with van der Waals surface area (Å²) in [6.45, 7) is 46.2. The molecule has 9 rings (SSSR count). The Hall–Kier alpha value is -5.90. The Kier molecular flexibility index (Phi) is 14.7. The number of pyridine rings is 1. The molecule has 0 N–H and O–H groups in total. The minimum Gasteiger partial charge on any atom is -0.509 e. The first-order chi connectivity index (χ1) is 34.8. The molecule has 8 aromatic rings. The molecule has 6 heteroatoms. The summed E-state index contributed by atoms with van der Waals surface area (Å²) in [5, 5.41) is 2.26. The molecule has 76 heavy (non-hydrogen) atoms. The molecule has 3 heterocycles. The van der Waals surface area contributed by atoms with Gasteiger partial charge in [0.2, 0.25) is 0 Å². The fourth-order valence-corrected chi connectivity index (χ4v) is 10.6. The summed E-state index contributed by atoms with van der Waals surface area (Å²) in [6.07, 6.45) is 1.93. The fraction of sp³-hybridized carbons (Fsp3) is 0.371. The molecule has 0 radical (unpaired) electrons. The van der Waals surface area contributed by atoms with Gasteiger partial charge in [0.1, 0.15) is 5.82 Å². The molecule has 0 amide bonds. The number of ether oxygens (including phenoxy) is 1. The van der Waals surface area contributed by atoms with Gasteiger partial charge < -0.3 is 19.1 Å². The predicted molar refractivity (Wildman–Crippen MR) is 318 cm³/mol. The third kappa shape index (κ3) is 10.9. The number of hydrogen-bond donors (Lipinski definition) is 0. The molecule has 0 fully saturated rings. The van der Waals surface area contributed by atoms with E-state index >= 15 is 0 Å². The molecule has 0 aliphatic carbocycles. The van der Waals surface area contributed by atoms with Crippen molar-refractivity contribution in [1.29, 1.82) is 0 Å². The fourth-order valence-electron chi connectivity index (χ4n) is 10.6. The van der Waals surface area contributed by atoms with Crippen molar-refractivity contribution < 1.29 is 25.8 Å². The van der Waals surface area contributed by atoms with E-state index in [-0.39, 0.29) is 48.1 Å². The van der Waals surface area contributed by atoms with E-state index in [1.807, 2.05) is 6.20 Å². The number of nitrogens with zero attached hydrogens (tertiary/aromatic N) is 4. The van der Waals surface area contributed by atoms with Crippen LogP contribution < -0.4 is 14.5 Å². The quantitative estimate of drug-likeness (QED) is 0.135. The third-order valence-electron chi connectivity index (χ3n) is 15.6. The second-order valence-corrected chi connectivity index (χ2v) is 27.3. The summed E-state index contributed by atoms with van der Waals surface area (Å²) in [6, 6.07) is 56.9. The van der Waals surface area contributed by atoms with Crippen molar-refractivity contribution in [3.63, 3.8) is 0 Å². The van der Waals surface area contributed by atoms with Gasteiger partial charge in [-0.05, 0) is 96.2 Å². The summed E-state index contributed by atoms with van der Waals surface area (Å²) in [4.78, 5) is 9.91. The average Bonchev–Trinajstić information content (AvgIpc) is 3.91. The Morgan fingerprint density at radius 3 is 1.45 bits per heavy atom. The molecule has 1 aliphatic heterocycles. The van der Waals surface area contributed by atoms with Gasteiger partial charge in [0.15, 0.2) is 0 Å². The summed E-state index contributed by atoms with van der Waals surface area (Å²) in [7, 11) is 0. The van der Waals surface area contributed by atoms with Crippen molar-refractivity contribution in [3.05, 3.63) is 209 Å². The van der Waals surface area contributed by atoms with Crippen molar-refractivity contribution in [3.8, 4) is 17.3 Å². The predicted octanol–water partition coefficient (Wildman–Crippen LogP) is 18.7. The zero-order valence-corrected chi connectivity index (χ0v) is 51.1. The molecule has 6 aromatic carbocycles.